The van der Waals surface area contributed by atoms with Crippen LogP contribution in [0.15, 0.2) is 0 Å². The monoisotopic (exact) mass is 442 g/mol. The first kappa shape index (κ1) is 30.4. The largest absolute Gasteiger partial charge is 0.481 e. The van der Waals surface area contributed by atoms with Crippen molar-refractivity contribution in [2.45, 2.75) is 167 Å². The van der Waals surface area contributed by atoms with Crippen LogP contribution in [-0.2, 0) is 4.79 Å². The minimum atomic E-state index is -0.663. The third-order valence-corrected chi connectivity index (χ3v) is 6.48. The zero-order chi connectivity index (χ0) is 23.0. The molecule has 0 saturated heterocycles. The van der Waals surface area contributed by atoms with Gasteiger partial charge in [0.15, 0.2) is 0 Å². The Morgan fingerprint density at radius 1 is 0.516 bits per heavy atom. The third-order valence-electron chi connectivity index (χ3n) is 6.48. The zero-order valence-corrected chi connectivity index (χ0v) is 20.7. The number of rotatable bonds is 25. The van der Waals surface area contributed by atoms with Crippen LogP contribution in [0, 0.1) is 0 Å². The van der Waals surface area contributed by atoms with Crippen LogP contribution >= 0.6 is 0 Å². The molecule has 0 rings (SSSR count). The fourth-order valence-electron chi connectivity index (χ4n) is 4.22. The Hall–Kier alpha value is -0.610. The zero-order valence-electron chi connectivity index (χ0n) is 20.7. The summed E-state index contributed by atoms with van der Waals surface area (Å²) < 4.78 is 0. The third kappa shape index (κ3) is 25.5. The van der Waals surface area contributed by atoms with E-state index in [-0.39, 0.29) is 12.2 Å². The van der Waals surface area contributed by atoms with Crippen LogP contribution in [0.5, 0.6) is 0 Å². The van der Waals surface area contributed by atoms with Crippen molar-refractivity contribution in [1.29, 1.82) is 0 Å². The van der Waals surface area contributed by atoms with Crippen LogP contribution in [0.25, 0.3) is 0 Å². The molecule has 0 aromatic rings. The molecule has 0 radical (unpaired) electrons. The van der Waals surface area contributed by atoms with E-state index in [9.17, 15) is 15.0 Å². The van der Waals surface area contributed by atoms with Gasteiger partial charge in [0.05, 0.1) is 12.2 Å². The summed E-state index contributed by atoms with van der Waals surface area (Å²) in [6.45, 7) is 1.98. The number of aliphatic carboxylic acids is 1. The molecule has 0 spiro atoms. The molecule has 0 fully saturated rings. The van der Waals surface area contributed by atoms with E-state index in [1.807, 2.05) is 6.92 Å². The minimum Gasteiger partial charge on any atom is -0.481 e. The number of carboxylic acid groups (broad SMARTS) is 1. The molecule has 0 saturated carbocycles. The molecule has 0 aromatic carbocycles. The summed E-state index contributed by atoms with van der Waals surface area (Å²) in [5.74, 6) is -0.663. The van der Waals surface area contributed by atoms with E-state index in [2.05, 4.69) is 0 Å². The van der Waals surface area contributed by atoms with E-state index in [0.29, 0.717) is 6.42 Å². The van der Waals surface area contributed by atoms with Gasteiger partial charge in [-0.25, -0.2) is 0 Å². The van der Waals surface area contributed by atoms with Crippen molar-refractivity contribution in [3.8, 4) is 0 Å². The van der Waals surface area contributed by atoms with Gasteiger partial charge in [0.1, 0.15) is 0 Å². The van der Waals surface area contributed by atoms with Gasteiger partial charge in [-0.15, -0.1) is 0 Å². The molecule has 2 atom stereocenters. The molecule has 0 aromatic heterocycles. The predicted octanol–water partition coefficient (Wildman–Crippen LogP) is 7.79. The van der Waals surface area contributed by atoms with E-state index >= 15 is 0 Å². The van der Waals surface area contributed by atoms with Crippen LogP contribution in [0.2, 0.25) is 0 Å². The van der Waals surface area contributed by atoms with Gasteiger partial charge < -0.3 is 15.3 Å². The quantitative estimate of drug-likeness (QED) is 0.126. The summed E-state index contributed by atoms with van der Waals surface area (Å²) in [5, 5.41) is 28.0. The summed E-state index contributed by atoms with van der Waals surface area (Å²) in [4.78, 5) is 10.4. The lowest BCUT2D eigenvalue weighted by atomic mass is 10.0. The first-order valence-corrected chi connectivity index (χ1v) is 13.6. The van der Waals surface area contributed by atoms with Gasteiger partial charge in [-0.3, -0.25) is 4.79 Å². The van der Waals surface area contributed by atoms with E-state index < -0.39 is 5.97 Å². The van der Waals surface area contributed by atoms with Gasteiger partial charge in [-0.2, -0.15) is 0 Å². The molecule has 0 bridgehead atoms. The highest BCUT2D eigenvalue weighted by Gasteiger charge is 2.07. The van der Waals surface area contributed by atoms with Crippen LogP contribution in [0.3, 0.4) is 0 Å². The normalized spacial score (nSPS) is 13.4. The van der Waals surface area contributed by atoms with Gasteiger partial charge in [0.25, 0.3) is 0 Å². The van der Waals surface area contributed by atoms with E-state index in [0.717, 1.165) is 44.9 Å². The van der Waals surface area contributed by atoms with E-state index in [1.165, 1.54) is 96.3 Å². The number of aliphatic hydroxyl groups excluding tert-OH is 2. The summed E-state index contributed by atoms with van der Waals surface area (Å²) in [6, 6.07) is 0. The van der Waals surface area contributed by atoms with Crippen molar-refractivity contribution in [2.75, 3.05) is 0 Å². The first-order valence-electron chi connectivity index (χ1n) is 13.6. The Labute approximate surface area is 193 Å². The molecular weight excluding hydrogens is 388 g/mol. The Balaban J connectivity index is 3.11. The number of hydrogen-bond donors (Lipinski definition) is 3. The predicted molar refractivity (Wildman–Crippen MR) is 132 cm³/mol. The molecular formula is C27H54O4. The van der Waals surface area contributed by atoms with Crippen molar-refractivity contribution in [3.05, 3.63) is 0 Å². The topological polar surface area (TPSA) is 77.8 Å². The number of carboxylic acids is 1. The molecule has 186 valence electrons. The fourth-order valence-corrected chi connectivity index (χ4v) is 4.22. The minimum absolute atomic E-state index is 0.225. The van der Waals surface area contributed by atoms with E-state index in [1.54, 1.807) is 0 Å². The van der Waals surface area contributed by atoms with Crippen molar-refractivity contribution >= 4 is 5.97 Å². The lowest BCUT2D eigenvalue weighted by molar-refractivity contribution is -0.137. The Bertz CT molecular complexity index is 372. The average Bonchev–Trinajstić information content (AvgIpc) is 2.75. The van der Waals surface area contributed by atoms with Crippen LogP contribution in [0.4, 0.5) is 0 Å². The molecule has 2 unspecified atom stereocenters. The first-order chi connectivity index (χ1) is 15.1. The molecule has 0 aliphatic heterocycles. The Morgan fingerprint density at radius 2 is 0.839 bits per heavy atom. The molecule has 0 aliphatic carbocycles. The van der Waals surface area contributed by atoms with Gasteiger partial charge in [-0.05, 0) is 32.1 Å². The van der Waals surface area contributed by atoms with Gasteiger partial charge in [-0.1, -0.05) is 116 Å². The van der Waals surface area contributed by atoms with Crippen molar-refractivity contribution < 1.29 is 20.1 Å². The SMILES string of the molecule is CCC(O)CCC(O)CCCCCCCCCCCCCCCCCCCCC(=O)O. The van der Waals surface area contributed by atoms with E-state index in [4.69, 9.17) is 5.11 Å². The molecule has 4 nitrogen and oxygen atoms in total. The lowest BCUT2D eigenvalue weighted by Crippen LogP contribution is -2.12. The Kier molecular flexibility index (Phi) is 23.6. The molecule has 0 amide bonds. The second kappa shape index (κ2) is 24.0. The number of carbonyl (C=O) groups is 1. The highest BCUT2D eigenvalue weighted by Crippen LogP contribution is 2.16. The molecule has 3 N–H and O–H groups in total. The standard InChI is InChI=1S/C27H54O4/c1-2-25(28)23-24-26(29)21-19-17-15-13-11-9-7-5-3-4-6-8-10-12-14-16-18-20-22-27(30)31/h25-26,28-29H,2-24H2,1H3,(H,30,31). The highest BCUT2D eigenvalue weighted by molar-refractivity contribution is 5.66. The van der Waals surface area contributed by atoms with Crippen LogP contribution in [-0.4, -0.2) is 33.5 Å². The number of hydrogen-bond acceptors (Lipinski definition) is 3. The van der Waals surface area contributed by atoms with Crippen molar-refractivity contribution in [2.24, 2.45) is 0 Å². The smallest absolute Gasteiger partial charge is 0.303 e. The van der Waals surface area contributed by atoms with Gasteiger partial charge >= 0.3 is 5.97 Å². The molecule has 31 heavy (non-hydrogen) atoms. The second-order valence-electron chi connectivity index (χ2n) is 9.59. The van der Waals surface area contributed by atoms with Crippen molar-refractivity contribution in [1.82, 2.24) is 0 Å². The summed E-state index contributed by atoms with van der Waals surface area (Å²) in [6.07, 6.45) is 26.0. The molecule has 0 aliphatic rings. The maximum Gasteiger partial charge on any atom is 0.303 e. The number of unbranched alkanes of at least 4 members (excludes halogenated alkanes) is 17. The summed E-state index contributed by atoms with van der Waals surface area (Å²) >= 11 is 0. The maximum absolute atomic E-state index is 10.4. The summed E-state index contributed by atoms with van der Waals surface area (Å²) in [7, 11) is 0. The van der Waals surface area contributed by atoms with Gasteiger partial charge in [0, 0.05) is 6.42 Å². The highest BCUT2D eigenvalue weighted by atomic mass is 16.4. The van der Waals surface area contributed by atoms with Crippen molar-refractivity contribution in [3.63, 3.8) is 0 Å². The van der Waals surface area contributed by atoms with Crippen LogP contribution < -0.4 is 0 Å². The average molecular weight is 443 g/mol. The molecule has 4 heteroatoms. The second-order valence-corrected chi connectivity index (χ2v) is 9.59. The van der Waals surface area contributed by atoms with Crippen LogP contribution in [0.1, 0.15) is 155 Å². The summed E-state index contributed by atoms with van der Waals surface area (Å²) in [5.41, 5.74) is 0. The fraction of sp³-hybridized carbons (Fsp3) is 0.963. The maximum atomic E-state index is 10.4. The lowest BCUT2D eigenvalue weighted by Gasteiger charge is -2.12. The van der Waals surface area contributed by atoms with Gasteiger partial charge in [0.2, 0.25) is 0 Å². The Morgan fingerprint density at radius 3 is 1.19 bits per heavy atom. The number of aliphatic hydroxyl groups is 2. The molecule has 0 heterocycles.